The molecule has 0 saturated carbocycles. The first-order valence-corrected chi connectivity index (χ1v) is 6.28. The van der Waals surface area contributed by atoms with Crippen molar-refractivity contribution in [3.8, 4) is 0 Å². The fourth-order valence-electron chi connectivity index (χ4n) is 1.36. The molecular weight excluding hydrogens is 214 g/mol. The molecule has 1 aromatic carbocycles. The highest BCUT2D eigenvalue weighted by atomic mass is 32.2. The summed E-state index contributed by atoms with van der Waals surface area (Å²) in [5, 5.41) is 0. The van der Waals surface area contributed by atoms with Gasteiger partial charge in [-0.1, -0.05) is 12.1 Å². The predicted octanol–water partition coefficient (Wildman–Crippen LogP) is 0.426. The van der Waals surface area contributed by atoms with Gasteiger partial charge in [0.15, 0.2) is 9.84 Å². The smallest absolute Gasteiger partial charge is 0.221 e. The molecule has 0 aliphatic carbocycles. The fraction of sp³-hybridized carbons (Fsp3) is 0.300. The van der Waals surface area contributed by atoms with Crippen molar-refractivity contribution in [2.24, 2.45) is 5.73 Å². The lowest BCUT2D eigenvalue weighted by Crippen LogP contribution is -2.14. The summed E-state index contributed by atoms with van der Waals surface area (Å²) in [6.45, 7) is 1.71. The molecule has 15 heavy (non-hydrogen) atoms. The summed E-state index contributed by atoms with van der Waals surface area (Å²) < 4.78 is 22.8. The van der Waals surface area contributed by atoms with Crippen molar-refractivity contribution in [1.82, 2.24) is 0 Å². The first-order chi connectivity index (χ1) is 6.80. The Kier molecular flexibility index (Phi) is 3.14. The molecule has 0 aromatic heterocycles. The molecule has 0 aliphatic heterocycles. The van der Waals surface area contributed by atoms with Crippen LogP contribution in [0.1, 0.15) is 11.1 Å². The van der Waals surface area contributed by atoms with E-state index in [0.717, 1.165) is 6.26 Å². The van der Waals surface area contributed by atoms with Gasteiger partial charge in [0.1, 0.15) is 0 Å². The van der Waals surface area contributed by atoms with E-state index in [1.165, 1.54) is 6.07 Å². The second-order valence-electron chi connectivity index (χ2n) is 3.52. The van der Waals surface area contributed by atoms with Crippen LogP contribution in [0.2, 0.25) is 0 Å². The van der Waals surface area contributed by atoms with Crippen LogP contribution in [0.25, 0.3) is 0 Å². The Morgan fingerprint density at radius 3 is 2.47 bits per heavy atom. The number of aryl methyl sites for hydroxylation is 1. The third-order valence-corrected chi connectivity index (χ3v) is 3.27. The molecule has 1 amide bonds. The van der Waals surface area contributed by atoms with Crippen molar-refractivity contribution in [3.63, 3.8) is 0 Å². The van der Waals surface area contributed by atoms with Gasteiger partial charge < -0.3 is 5.73 Å². The maximum Gasteiger partial charge on any atom is 0.221 e. The highest BCUT2D eigenvalue weighted by molar-refractivity contribution is 7.90. The Morgan fingerprint density at radius 1 is 1.40 bits per heavy atom. The molecule has 0 heterocycles. The minimum absolute atomic E-state index is 0.0583. The van der Waals surface area contributed by atoms with Gasteiger partial charge in [-0.2, -0.15) is 0 Å². The van der Waals surface area contributed by atoms with E-state index in [2.05, 4.69) is 0 Å². The zero-order valence-electron chi connectivity index (χ0n) is 8.65. The van der Waals surface area contributed by atoms with Crippen LogP contribution in [0.15, 0.2) is 23.1 Å². The van der Waals surface area contributed by atoms with Crippen molar-refractivity contribution in [3.05, 3.63) is 29.3 Å². The van der Waals surface area contributed by atoms with Gasteiger partial charge in [-0.05, 0) is 24.1 Å². The van der Waals surface area contributed by atoms with Crippen LogP contribution in [-0.4, -0.2) is 20.6 Å². The monoisotopic (exact) mass is 227 g/mol. The highest BCUT2D eigenvalue weighted by Gasteiger charge is 2.11. The molecule has 0 spiro atoms. The van der Waals surface area contributed by atoms with Crippen LogP contribution in [-0.2, 0) is 21.1 Å². The second kappa shape index (κ2) is 4.02. The molecule has 0 bridgehead atoms. The van der Waals surface area contributed by atoms with Crippen LogP contribution < -0.4 is 5.73 Å². The van der Waals surface area contributed by atoms with Gasteiger partial charge in [0, 0.05) is 6.26 Å². The van der Waals surface area contributed by atoms with Crippen LogP contribution in [0.4, 0.5) is 0 Å². The average molecular weight is 227 g/mol. The number of primary amides is 1. The molecule has 82 valence electrons. The molecule has 0 atom stereocenters. The fourth-order valence-corrected chi connectivity index (χ4v) is 2.37. The zero-order valence-corrected chi connectivity index (χ0v) is 9.47. The van der Waals surface area contributed by atoms with Gasteiger partial charge in [-0.3, -0.25) is 4.79 Å². The van der Waals surface area contributed by atoms with Crippen molar-refractivity contribution >= 4 is 15.7 Å². The first kappa shape index (κ1) is 11.7. The summed E-state index contributed by atoms with van der Waals surface area (Å²) in [5.41, 5.74) is 6.32. The lowest BCUT2D eigenvalue weighted by molar-refractivity contribution is -0.117. The van der Waals surface area contributed by atoms with Gasteiger partial charge in [0.05, 0.1) is 11.3 Å². The molecular formula is C10H13NO3S. The van der Waals surface area contributed by atoms with Crippen molar-refractivity contribution in [2.75, 3.05) is 6.26 Å². The Morgan fingerprint density at radius 2 is 2.00 bits per heavy atom. The van der Waals surface area contributed by atoms with E-state index in [9.17, 15) is 13.2 Å². The van der Waals surface area contributed by atoms with Crippen LogP contribution >= 0.6 is 0 Å². The number of nitrogens with two attached hydrogens (primary N) is 1. The topological polar surface area (TPSA) is 77.2 Å². The van der Waals surface area contributed by atoms with E-state index in [1.54, 1.807) is 19.1 Å². The summed E-state index contributed by atoms with van der Waals surface area (Å²) in [7, 11) is -3.24. The van der Waals surface area contributed by atoms with Crippen molar-refractivity contribution in [1.29, 1.82) is 0 Å². The summed E-state index contributed by atoms with van der Waals surface area (Å²) in [5.74, 6) is -0.474. The summed E-state index contributed by atoms with van der Waals surface area (Å²) >= 11 is 0. The summed E-state index contributed by atoms with van der Waals surface area (Å²) in [6.07, 6.45) is 1.20. The second-order valence-corrected chi connectivity index (χ2v) is 5.50. The van der Waals surface area contributed by atoms with Gasteiger partial charge >= 0.3 is 0 Å². The number of hydrogen-bond donors (Lipinski definition) is 1. The van der Waals surface area contributed by atoms with E-state index in [4.69, 9.17) is 5.73 Å². The SMILES string of the molecule is Cc1ccc(CC(N)=O)cc1S(C)(=O)=O. The minimum atomic E-state index is -3.24. The average Bonchev–Trinajstić information content (AvgIpc) is 2.05. The minimum Gasteiger partial charge on any atom is -0.369 e. The number of hydrogen-bond acceptors (Lipinski definition) is 3. The third kappa shape index (κ3) is 3.06. The van der Waals surface area contributed by atoms with Crippen LogP contribution in [0, 0.1) is 6.92 Å². The quantitative estimate of drug-likeness (QED) is 0.813. The number of amides is 1. The number of rotatable bonds is 3. The lowest BCUT2D eigenvalue weighted by Gasteiger charge is -2.05. The van der Waals surface area contributed by atoms with E-state index in [0.29, 0.717) is 11.1 Å². The molecule has 0 unspecified atom stereocenters. The van der Waals surface area contributed by atoms with E-state index in [1.807, 2.05) is 0 Å². The number of benzene rings is 1. The van der Waals surface area contributed by atoms with E-state index >= 15 is 0 Å². The lowest BCUT2D eigenvalue weighted by atomic mass is 10.1. The van der Waals surface area contributed by atoms with E-state index < -0.39 is 15.7 Å². The third-order valence-electron chi connectivity index (χ3n) is 2.03. The van der Waals surface area contributed by atoms with Gasteiger partial charge in [-0.25, -0.2) is 8.42 Å². The van der Waals surface area contributed by atoms with Gasteiger partial charge in [0.25, 0.3) is 0 Å². The molecule has 0 radical (unpaired) electrons. The number of carbonyl (C=O) groups excluding carboxylic acids is 1. The van der Waals surface area contributed by atoms with Gasteiger partial charge in [-0.15, -0.1) is 0 Å². The van der Waals surface area contributed by atoms with Gasteiger partial charge in [0.2, 0.25) is 5.91 Å². The molecule has 5 heteroatoms. The summed E-state index contributed by atoms with van der Waals surface area (Å²) in [4.78, 5) is 10.9. The largest absolute Gasteiger partial charge is 0.369 e. The summed E-state index contributed by atoms with van der Waals surface area (Å²) in [6, 6.07) is 4.87. The standard InChI is InChI=1S/C10H13NO3S/c1-7-3-4-8(6-10(11)12)5-9(7)15(2,13)14/h3-5H,6H2,1-2H3,(H2,11,12). The predicted molar refractivity (Wildman–Crippen MR) is 57.2 cm³/mol. The maximum absolute atomic E-state index is 11.4. The molecule has 2 N–H and O–H groups in total. The van der Waals surface area contributed by atoms with Crippen molar-refractivity contribution < 1.29 is 13.2 Å². The highest BCUT2D eigenvalue weighted by Crippen LogP contribution is 2.17. The molecule has 0 aliphatic rings. The first-order valence-electron chi connectivity index (χ1n) is 4.38. The Labute approximate surface area is 89.0 Å². The molecule has 1 rings (SSSR count). The van der Waals surface area contributed by atoms with Crippen LogP contribution in [0.5, 0.6) is 0 Å². The van der Waals surface area contributed by atoms with Crippen molar-refractivity contribution in [2.45, 2.75) is 18.2 Å². The molecule has 1 aromatic rings. The normalized spacial score (nSPS) is 11.3. The van der Waals surface area contributed by atoms with Crippen LogP contribution in [0.3, 0.4) is 0 Å². The molecule has 0 saturated heterocycles. The maximum atomic E-state index is 11.4. The molecule has 4 nitrogen and oxygen atoms in total. The number of sulfone groups is 1. The molecule has 0 fully saturated rings. The number of carbonyl (C=O) groups is 1. The Balaban J connectivity index is 3.23. The van der Waals surface area contributed by atoms with E-state index in [-0.39, 0.29) is 11.3 Å². The Bertz CT molecular complexity index is 491. The zero-order chi connectivity index (χ0) is 11.6. The Hall–Kier alpha value is -1.36.